The summed E-state index contributed by atoms with van der Waals surface area (Å²) in [7, 11) is 0. The number of aliphatic hydroxyl groups excluding tert-OH is 1. The Hall–Kier alpha value is -0.870. The fraction of sp³-hybridized carbons (Fsp3) is 0.800. The molecule has 2 N–H and O–H groups in total. The second-order valence-corrected chi connectivity index (χ2v) is 7.95. The summed E-state index contributed by atoms with van der Waals surface area (Å²) in [6.07, 6.45) is 9.84. The van der Waals surface area contributed by atoms with Crippen LogP contribution >= 0.6 is 24.0 Å². The van der Waals surface area contributed by atoms with Gasteiger partial charge < -0.3 is 24.8 Å². The number of halogens is 1. The fourth-order valence-electron chi connectivity index (χ4n) is 4.14. The molecule has 0 bridgehead atoms. The van der Waals surface area contributed by atoms with E-state index in [0.717, 1.165) is 71.0 Å². The highest BCUT2D eigenvalue weighted by Crippen LogP contribution is 2.27. The van der Waals surface area contributed by atoms with E-state index in [1.54, 1.807) is 0 Å². The van der Waals surface area contributed by atoms with Crippen molar-refractivity contribution in [2.75, 3.05) is 45.8 Å². The van der Waals surface area contributed by atoms with E-state index in [4.69, 9.17) is 4.99 Å². The minimum Gasteiger partial charge on any atom is -0.393 e. The molecule has 0 aliphatic carbocycles. The monoisotopic (exact) mass is 504 g/mol. The van der Waals surface area contributed by atoms with E-state index in [9.17, 15) is 5.11 Å². The maximum Gasteiger partial charge on any atom is 0.193 e. The first-order valence-corrected chi connectivity index (χ1v) is 10.6. The maximum atomic E-state index is 9.62. The van der Waals surface area contributed by atoms with Gasteiger partial charge in [-0.3, -0.25) is 4.99 Å². The predicted molar refractivity (Wildman–Crippen MR) is 124 cm³/mol. The molecule has 2 saturated heterocycles. The molecule has 0 aromatic carbocycles. The van der Waals surface area contributed by atoms with Crippen molar-refractivity contribution in [2.24, 2.45) is 10.9 Å². The van der Waals surface area contributed by atoms with Crippen molar-refractivity contribution in [2.45, 2.75) is 51.7 Å². The molecule has 2 aliphatic heterocycles. The molecule has 3 rings (SSSR count). The smallest absolute Gasteiger partial charge is 0.193 e. The Bertz CT molecular complexity index is 573. The lowest BCUT2D eigenvalue weighted by atomic mass is 9.93. The van der Waals surface area contributed by atoms with Gasteiger partial charge in [-0.2, -0.15) is 0 Å². The third-order valence-corrected chi connectivity index (χ3v) is 5.91. The number of nitrogens with zero attached hydrogens (tertiary/aromatic N) is 5. The van der Waals surface area contributed by atoms with Crippen molar-refractivity contribution in [1.29, 1.82) is 0 Å². The van der Waals surface area contributed by atoms with Crippen LogP contribution in [0, 0.1) is 5.92 Å². The summed E-state index contributed by atoms with van der Waals surface area (Å²) in [5.74, 6) is 1.69. The van der Waals surface area contributed by atoms with Crippen LogP contribution < -0.4 is 5.32 Å². The number of likely N-dealkylation sites (tertiary alicyclic amines) is 2. The average Bonchev–Trinajstić information content (AvgIpc) is 3.21. The van der Waals surface area contributed by atoms with E-state index < -0.39 is 0 Å². The van der Waals surface area contributed by atoms with E-state index in [0.29, 0.717) is 12.0 Å². The van der Waals surface area contributed by atoms with Crippen molar-refractivity contribution in [3.63, 3.8) is 0 Å². The van der Waals surface area contributed by atoms with Gasteiger partial charge in [0.1, 0.15) is 0 Å². The summed E-state index contributed by atoms with van der Waals surface area (Å²) in [5, 5.41) is 13.1. The van der Waals surface area contributed by atoms with Crippen LogP contribution in [0.2, 0.25) is 0 Å². The normalized spacial score (nSPS) is 24.8. The zero-order valence-electron chi connectivity index (χ0n) is 17.3. The lowest BCUT2D eigenvalue weighted by molar-refractivity contribution is 0.0824. The van der Waals surface area contributed by atoms with Crippen molar-refractivity contribution >= 4 is 29.9 Å². The molecule has 2 fully saturated rings. The number of aliphatic imine (C=N–C) groups is 1. The summed E-state index contributed by atoms with van der Waals surface area (Å²) in [5.41, 5.74) is 0. The van der Waals surface area contributed by atoms with Gasteiger partial charge in [-0.1, -0.05) is 6.92 Å². The molecule has 28 heavy (non-hydrogen) atoms. The molecular weight excluding hydrogens is 467 g/mol. The quantitative estimate of drug-likeness (QED) is 0.269. The number of aromatic nitrogens is 2. The van der Waals surface area contributed by atoms with Gasteiger partial charge >= 0.3 is 0 Å². The molecule has 160 valence electrons. The number of guanidine groups is 1. The minimum absolute atomic E-state index is 0. The number of imidazole rings is 1. The second-order valence-electron chi connectivity index (χ2n) is 7.95. The van der Waals surface area contributed by atoms with Crippen molar-refractivity contribution < 1.29 is 5.11 Å². The van der Waals surface area contributed by atoms with E-state index in [2.05, 4.69) is 44.7 Å². The Kier molecular flexibility index (Phi) is 10.0. The molecule has 1 aromatic heterocycles. The SMILES string of the molecule is CCNC(=NCCCN1CCC(O)CC1)N1CCC(C)C(n2ccnc2)C1.I. The van der Waals surface area contributed by atoms with Crippen LogP contribution in [0.3, 0.4) is 0 Å². The van der Waals surface area contributed by atoms with Gasteiger partial charge in [0.2, 0.25) is 0 Å². The van der Waals surface area contributed by atoms with E-state index in [1.165, 1.54) is 6.42 Å². The highest BCUT2D eigenvalue weighted by molar-refractivity contribution is 14.0. The van der Waals surface area contributed by atoms with E-state index in [-0.39, 0.29) is 30.1 Å². The Morgan fingerprint density at radius 3 is 2.71 bits per heavy atom. The van der Waals surface area contributed by atoms with E-state index in [1.807, 2.05) is 12.5 Å². The summed E-state index contributed by atoms with van der Waals surface area (Å²) in [6.45, 7) is 11.4. The first-order valence-electron chi connectivity index (χ1n) is 10.6. The largest absolute Gasteiger partial charge is 0.393 e. The lowest BCUT2D eigenvalue weighted by Crippen LogP contribution is -2.49. The highest BCUT2D eigenvalue weighted by atomic mass is 127. The molecule has 0 spiro atoms. The number of piperidine rings is 2. The first kappa shape index (κ1) is 23.4. The highest BCUT2D eigenvalue weighted by Gasteiger charge is 2.28. The molecule has 0 amide bonds. The Balaban J connectivity index is 0.00000280. The van der Waals surface area contributed by atoms with Crippen LogP contribution in [0.15, 0.2) is 23.7 Å². The third kappa shape index (κ3) is 6.59. The van der Waals surface area contributed by atoms with Crippen LogP contribution in [0.25, 0.3) is 0 Å². The van der Waals surface area contributed by atoms with Crippen molar-refractivity contribution in [3.8, 4) is 0 Å². The maximum absolute atomic E-state index is 9.62. The third-order valence-electron chi connectivity index (χ3n) is 5.91. The van der Waals surface area contributed by atoms with Gasteiger partial charge in [-0.15, -0.1) is 24.0 Å². The molecule has 1 aromatic rings. The van der Waals surface area contributed by atoms with Crippen LogP contribution in [-0.4, -0.2) is 82.3 Å². The van der Waals surface area contributed by atoms with Crippen LogP contribution in [0.5, 0.6) is 0 Å². The van der Waals surface area contributed by atoms with Crippen LogP contribution in [0.1, 0.15) is 45.6 Å². The molecule has 8 heteroatoms. The Morgan fingerprint density at radius 1 is 1.25 bits per heavy atom. The molecule has 7 nitrogen and oxygen atoms in total. The number of aliphatic hydroxyl groups is 1. The molecule has 0 saturated carbocycles. The number of rotatable bonds is 6. The summed E-state index contributed by atoms with van der Waals surface area (Å²) in [4.78, 5) is 14.0. The number of hydrogen-bond acceptors (Lipinski definition) is 4. The van der Waals surface area contributed by atoms with Gasteiger partial charge in [0, 0.05) is 51.7 Å². The van der Waals surface area contributed by atoms with Gasteiger partial charge in [0.05, 0.1) is 18.5 Å². The van der Waals surface area contributed by atoms with Gasteiger partial charge in [-0.05, 0) is 45.1 Å². The van der Waals surface area contributed by atoms with Gasteiger partial charge in [0.15, 0.2) is 5.96 Å². The van der Waals surface area contributed by atoms with Crippen molar-refractivity contribution in [3.05, 3.63) is 18.7 Å². The summed E-state index contributed by atoms with van der Waals surface area (Å²) in [6, 6.07) is 0.449. The summed E-state index contributed by atoms with van der Waals surface area (Å²) >= 11 is 0. The average molecular weight is 504 g/mol. The molecule has 2 aliphatic rings. The number of hydrogen-bond donors (Lipinski definition) is 2. The standard InChI is InChI=1S/C20H36N6O.HI/c1-3-22-20(23-8-4-10-24-11-6-18(27)7-12-24)25-13-5-17(2)19(15-25)26-14-9-21-16-26;/h9,14,16-19,27H,3-8,10-13,15H2,1-2H3,(H,22,23);1H. The van der Waals surface area contributed by atoms with Gasteiger partial charge in [-0.25, -0.2) is 4.98 Å². The topological polar surface area (TPSA) is 68.9 Å². The van der Waals surface area contributed by atoms with Crippen LogP contribution in [0.4, 0.5) is 0 Å². The molecular formula is C20H37IN6O. The number of nitrogens with one attached hydrogen (secondary N) is 1. The zero-order valence-corrected chi connectivity index (χ0v) is 19.7. The first-order chi connectivity index (χ1) is 13.2. The zero-order chi connectivity index (χ0) is 19.1. The van der Waals surface area contributed by atoms with Crippen molar-refractivity contribution in [1.82, 2.24) is 24.7 Å². The molecule has 0 radical (unpaired) electrons. The predicted octanol–water partition coefficient (Wildman–Crippen LogP) is 2.20. The minimum atomic E-state index is -0.0930. The molecule has 3 heterocycles. The molecule has 2 unspecified atom stereocenters. The van der Waals surface area contributed by atoms with Gasteiger partial charge in [0.25, 0.3) is 0 Å². The molecule has 2 atom stereocenters. The second kappa shape index (κ2) is 12.0. The van der Waals surface area contributed by atoms with E-state index >= 15 is 0 Å². The lowest BCUT2D eigenvalue weighted by Gasteiger charge is -2.39. The summed E-state index contributed by atoms with van der Waals surface area (Å²) < 4.78 is 2.24. The fourth-order valence-corrected chi connectivity index (χ4v) is 4.14. The van der Waals surface area contributed by atoms with Crippen LogP contribution in [-0.2, 0) is 0 Å². The Labute approximate surface area is 186 Å². The Morgan fingerprint density at radius 2 is 2.04 bits per heavy atom.